The van der Waals surface area contributed by atoms with Gasteiger partial charge in [0.15, 0.2) is 0 Å². The number of rotatable bonds is 4. The van der Waals surface area contributed by atoms with Crippen molar-refractivity contribution in [3.05, 3.63) is 64.7 Å². The molecule has 0 aliphatic heterocycles. The molecule has 0 heterocycles. The third-order valence-corrected chi connectivity index (χ3v) is 3.30. The Labute approximate surface area is 119 Å². The Hall–Kier alpha value is -2.29. The van der Waals surface area contributed by atoms with Crippen molar-refractivity contribution in [3.63, 3.8) is 0 Å². The molecule has 1 N–H and O–H groups in total. The number of anilines is 1. The molecule has 104 valence electrons. The number of carboxylic acid groups (broad SMARTS) is 1. The molecule has 0 amide bonds. The summed E-state index contributed by atoms with van der Waals surface area (Å²) in [4.78, 5) is 13.3. The van der Waals surface area contributed by atoms with Crippen molar-refractivity contribution in [2.75, 3.05) is 11.9 Å². The number of aromatic carboxylic acids is 1. The largest absolute Gasteiger partial charge is 0.478 e. The van der Waals surface area contributed by atoms with Crippen LogP contribution in [0.25, 0.3) is 0 Å². The molecule has 0 radical (unpaired) electrons. The molecule has 0 aliphatic rings. The molecule has 0 bridgehead atoms. The monoisotopic (exact) mass is 269 g/mol. The first kappa shape index (κ1) is 14.1. The lowest BCUT2D eigenvalue weighted by molar-refractivity contribution is 0.0695. The Kier molecular flexibility index (Phi) is 4.08. The van der Waals surface area contributed by atoms with Gasteiger partial charge in [-0.3, -0.25) is 0 Å². The summed E-state index contributed by atoms with van der Waals surface area (Å²) in [6, 6.07) is 13.5. The number of hydrogen-bond acceptors (Lipinski definition) is 2. The molecule has 20 heavy (non-hydrogen) atoms. The van der Waals surface area contributed by atoms with E-state index in [-0.39, 0.29) is 0 Å². The van der Waals surface area contributed by atoms with Crippen LogP contribution in [0.2, 0.25) is 0 Å². The van der Waals surface area contributed by atoms with Crippen molar-refractivity contribution in [1.82, 2.24) is 0 Å². The van der Waals surface area contributed by atoms with Crippen LogP contribution in [0.4, 0.5) is 5.69 Å². The van der Waals surface area contributed by atoms with Gasteiger partial charge in [-0.1, -0.05) is 24.3 Å². The van der Waals surface area contributed by atoms with Crippen molar-refractivity contribution in [3.8, 4) is 0 Å². The maximum absolute atomic E-state index is 11.2. The summed E-state index contributed by atoms with van der Waals surface area (Å²) in [6.07, 6.45) is 0. The highest BCUT2D eigenvalue weighted by atomic mass is 16.4. The van der Waals surface area contributed by atoms with Crippen LogP contribution in [0.1, 0.15) is 27.0 Å². The molecular formula is C17H19NO2. The highest BCUT2D eigenvalue weighted by Gasteiger charge is 2.11. The van der Waals surface area contributed by atoms with Crippen molar-refractivity contribution < 1.29 is 9.90 Å². The molecule has 2 aromatic carbocycles. The third-order valence-electron chi connectivity index (χ3n) is 3.30. The minimum atomic E-state index is -0.880. The van der Waals surface area contributed by atoms with Crippen LogP contribution in [-0.2, 0) is 6.54 Å². The minimum Gasteiger partial charge on any atom is -0.478 e. The van der Waals surface area contributed by atoms with Crippen LogP contribution >= 0.6 is 0 Å². The first-order chi connectivity index (χ1) is 9.47. The Morgan fingerprint density at radius 3 is 2.30 bits per heavy atom. The van der Waals surface area contributed by atoms with Crippen LogP contribution < -0.4 is 4.90 Å². The first-order valence-electron chi connectivity index (χ1n) is 6.58. The van der Waals surface area contributed by atoms with Crippen molar-refractivity contribution in [1.29, 1.82) is 0 Å². The summed E-state index contributed by atoms with van der Waals surface area (Å²) in [7, 11) is 1.98. The van der Waals surface area contributed by atoms with Gasteiger partial charge in [-0.2, -0.15) is 0 Å². The molecule has 3 heteroatoms. The van der Waals surface area contributed by atoms with Gasteiger partial charge in [0, 0.05) is 19.3 Å². The Morgan fingerprint density at radius 1 is 1.10 bits per heavy atom. The van der Waals surface area contributed by atoms with E-state index < -0.39 is 5.97 Å². The van der Waals surface area contributed by atoms with E-state index in [0.717, 1.165) is 11.3 Å². The summed E-state index contributed by atoms with van der Waals surface area (Å²) in [5, 5.41) is 9.22. The second-order valence-electron chi connectivity index (χ2n) is 5.16. The zero-order chi connectivity index (χ0) is 14.7. The van der Waals surface area contributed by atoms with E-state index in [2.05, 4.69) is 36.9 Å². The number of hydrogen-bond donors (Lipinski definition) is 1. The normalized spacial score (nSPS) is 10.3. The lowest BCUT2D eigenvalue weighted by atomic mass is 10.1. The SMILES string of the molecule is Cc1cc(C)cc(N(C)Cc2ccccc2C(=O)O)c1. The van der Waals surface area contributed by atoms with Gasteiger partial charge in [0.2, 0.25) is 0 Å². The lowest BCUT2D eigenvalue weighted by Gasteiger charge is -2.21. The molecule has 3 nitrogen and oxygen atoms in total. The fourth-order valence-electron chi connectivity index (χ4n) is 2.38. The first-order valence-corrected chi connectivity index (χ1v) is 6.58. The van der Waals surface area contributed by atoms with E-state index in [4.69, 9.17) is 0 Å². The third kappa shape index (κ3) is 3.18. The van der Waals surface area contributed by atoms with Crippen LogP contribution in [0.15, 0.2) is 42.5 Å². The molecule has 0 aliphatic carbocycles. The van der Waals surface area contributed by atoms with Gasteiger partial charge >= 0.3 is 5.97 Å². The zero-order valence-corrected chi connectivity index (χ0v) is 12.1. The Bertz CT molecular complexity index is 614. The fraction of sp³-hybridized carbons (Fsp3) is 0.235. The molecule has 2 rings (SSSR count). The minimum absolute atomic E-state index is 0.365. The van der Waals surface area contributed by atoms with Crippen LogP contribution in [0.5, 0.6) is 0 Å². The smallest absolute Gasteiger partial charge is 0.336 e. The average Bonchev–Trinajstić information content (AvgIpc) is 2.37. The molecule has 0 unspecified atom stereocenters. The van der Waals surface area contributed by atoms with Crippen LogP contribution in [0, 0.1) is 13.8 Å². The summed E-state index contributed by atoms with van der Waals surface area (Å²) in [5.74, 6) is -0.880. The average molecular weight is 269 g/mol. The standard InChI is InChI=1S/C17H19NO2/c1-12-8-13(2)10-15(9-12)18(3)11-14-6-4-5-7-16(14)17(19)20/h4-10H,11H2,1-3H3,(H,19,20). The summed E-state index contributed by atoms with van der Waals surface area (Å²) in [6.45, 7) is 4.70. The highest BCUT2D eigenvalue weighted by Crippen LogP contribution is 2.20. The van der Waals surface area contributed by atoms with E-state index in [9.17, 15) is 9.90 Å². The predicted molar refractivity (Wildman–Crippen MR) is 81.4 cm³/mol. The van der Waals surface area contributed by atoms with E-state index in [0.29, 0.717) is 12.1 Å². The molecule has 0 saturated heterocycles. The summed E-state index contributed by atoms with van der Waals surface area (Å²) >= 11 is 0. The van der Waals surface area contributed by atoms with Gasteiger partial charge in [0.25, 0.3) is 0 Å². The second-order valence-corrected chi connectivity index (χ2v) is 5.16. The maximum atomic E-state index is 11.2. The van der Waals surface area contributed by atoms with Gasteiger partial charge in [-0.15, -0.1) is 0 Å². The van der Waals surface area contributed by atoms with Gasteiger partial charge in [-0.05, 0) is 48.7 Å². The number of carbonyl (C=O) groups is 1. The van der Waals surface area contributed by atoms with E-state index in [1.165, 1.54) is 11.1 Å². The van der Waals surface area contributed by atoms with Crippen molar-refractivity contribution in [2.24, 2.45) is 0 Å². The Balaban J connectivity index is 2.28. The number of aryl methyl sites for hydroxylation is 2. The Morgan fingerprint density at radius 2 is 1.70 bits per heavy atom. The molecule has 0 fully saturated rings. The lowest BCUT2D eigenvalue weighted by Crippen LogP contribution is -2.18. The van der Waals surface area contributed by atoms with Gasteiger partial charge < -0.3 is 10.0 Å². The molecule has 0 spiro atoms. The van der Waals surface area contributed by atoms with Gasteiger partial charge in [0.05, 0.1) is 5.56 Å². The summed E-state index contributed by atoms with van der Waals surface area (Å²) < 4.78 is 0. The molecular weight excluding hydrogens is 250 g/mol. The fourth-order valence-corrected chi connectivity index (χ4v) is 2.38. The molecule has 2 aromatic rings. The highest BCUT2D eigenvalue weighted by molar-refractivity contribution is 5.89. The quantitative estimate of drug-likeness (QED) is 0.921. The number of benzene rings is 2. The van der Waals surface area contributed by atoms with Gasteiger partial charge in [0.1, 0.15) is 0 Å². The zero-order valence-electron chi connectivity index (χ0n) is 12.1. The number of carboxylic acids is 1. The van der Waals surface area contributed by atoms with Crippen LogP contribution in [0.3, 0.4) is 0 Å². The molecule has 0 saturated carbocycles. The van der Waals surface area contributed by atoms with E-state index in [1.807, 2.05) is 19.2 Å². The number of nitrogens with zero attached hydrogens (tertiary/aromatic N) is 1. The maximum Gasteiger partial charge on any atom is 0.336 e. The predicted octanol–water partition coefficient (Wildman–Crippen LogP) is 3.64. The second kappa shape index (κ2) is 5.78. The van der Waals surface area contributed by atoms with Crippen LogP contribution in [-0.4, -0.2) is 18.1 Å². The van der Waals surface area contributed by atoms with E-state index in [1.54, 1.807) is 12.1 Å². The van der Waals surface area contributed by atoms with E-state index >= 15 is 0 Å². The van der Waals surface area contributed by atoms with Crippen molar-refractivity contribution in [2.45, 2.75) is 20.4 Å². The topological polar surface area (TPSA) is 40.5 Å². The molecule has 0 atom stereocenters. The van der Waals surface area contributed by atoms with Crippen molar-refractivity contribution >= 4 is 11.7 Å². The summed E-state index contributed by atoms with van der Waals surface area (Å²) in [5.41, 5.74) is 4.70. The van der Waals surface area contributed by atoms with Gasteiger partial charge in [-0.25, -0.2) is 4.79 Å². The molecule has 0 aromatic heterocycles.